The van der Waals surface area contributed by atoms with Gasteiger partial charge in [-0.1, -0.05) is 18.2 Å². The van der Waals surface area contributed by atoms with Crippen molar-refractivity contribution < 1.29 is 0 Å². The quantitative estimate of drug-likeness (QED) is 0.724. The summed E-state index contributed by atoms with van der Waals surface area (Å²) in [6, 6.07) is 10.9. The molecule has 58 valence electrons. The van der Waals surface area contributed by atoms with Crippen LogP contribution in [0.4, 0.5) is 0 Å². The molecule has 1 saturated carbocycles. The summed E-state index contributed by atoms with van der Waals surface area (Å²) in [6.45, 7) is 0. The molecule has 11 heavy (non-hydrogen) atoms. The van der Waals surface area contributed by atoms with E-state index in [-0.39, 0.29) is 0 Å². The van der Waals surface area contributed by atoms with Gasteiger partial charge in [0.15, 0.2) is 0 Å². The van der Waals surface area contributed by atoms with Gasteiger partial charge < -0.3 is 5.73 Å². The van der Waals surface area contributed by atoms with Crippen molar-refractivity contribution >= 4 is 11.8 Å². The van der Waals surface area contributed by atoms with Crippen molar-refractivity contribution in [3.63, 3.8) is 0 Å². The second-order valence-corrected chi connectivity index (χ2v) is 4.18. The Labute approximate surface area is 71.0 Å². The van der Waals surface area contributed by atoms with Gasteiger partial charge >= 0.3 is 0 Å². The molecule has 0 spiro atoms. The minimum atomic E-state index is 0.445. The maximum absolute atomic E-state index is 5.69. The van der Waals surface area contributed by atoms with Gasteiger partial charge in [-0.3, -0.25) is 0 Å². The SMILES string of the molecule is N[C@H]1C[C@@H]1Sc1ccccc1. The summed E-state index contributed by atoms with van der Waals surface area (Å²) in [4.78, 5) is 1.34. The average molecular weight is 165 g/mol. The van der Waals surface area contributed by atoms with Crippen molar-refractivity contribution in [2.75, 3.05) is 0 Å². The molecule has 0 bridgehead atoms. The van der Waals surface area contributed by atoms with Crippen LogP contribution >= 0.6 is 11.8 Å². The maximum atomic E-state index is 5.69. The summed E-state index contributed by atoms with van der Waals surface area (Å²) in [6.07, 6.45) is 1.18. The van der Waals surface area contributed by atoms with Crippen molar-refractivity contribution in [3.05, 3.63) is 30.3 Å². The van der Waals surface area contributed by atoms with Crippen LogP contribution in [0.5, 0.6) is 0 Å². The highest BCUT2D eigenvalue weighted by molar-refractivity contribution is 8.00. The second kappa shape index (κ2) is 2.88. The molecule has 0 saturated heterocycles. The molecular weight excluding hydrogens is 154 g/mol. The molecule has 1 aliphatic carbocycles. The fraction of sp³-hybridized carbons (Fsp3) is 0.333. The molecule has 0 heterocycles. The second-order valence-electron chi connectivity index (χ2n) is 2.87. The number of hydrogen-bond donors (Lipinski definition) is 1. The Hall–Kier alpha value is -0.470. The molecule has 2 rings (SSSR count). The van der Waals surface area contributed by atoms with Gasteiger partial charge in [-0.25, -0.2) is 0 Å². The van der Waals surface area contributed by atoms with E-state index in [1.165, 1.54) is 11.3 Å². The third kappa shape index (κ3) is 1.76. The first-order valence-electron chi connectivity index (χ1n) is 3.83. The zero-order chi connectivity index (χ0) is 7.68. The van der Waals surface area contributed by atoms with E-state index in [0.717, 1.165) is 0 Å². The molecule has 0 aromatic heterocycles. The summed E-state index contributed by atoms with van der Waals surface area (Å²) in [7, 11) is 0. The van der Waals surface area contributed by atoms with E-state index in [4.69, 9.17) is 5.73 Å². The van der Waals surface area contributed by atoms with Crippen LogP contribution in [0, 0.1) is 0 Å². The van der Waals surface area contributed by atoms with Crippen molar-refractivity contribution in [2.24, 2.45) is 5.73 Å². The van der Waals surface area contributed by atoms with Crippen LogP contribution in [-0.4, -0.2) is 11.3 Å². The van der Waals surface area contributed by atoms with Gasteiger partial charge in [-0.2, -0.15) is 0 Å². The van der Waals surface area contributed by atoms with Crippen molar-refractivity contribution in [1.82, 2.24) is 0 Å². The number of nitrogens with two attached hydrogens (primary N) is 1. The van der Waals surface area contributed by atoms with Gasteiger partial charge in [0.1, 0.15) is 0 Å². The Bertz CT molecular complexity index is 235. The van der Waals surface area contributed by atoms with Gasteiger partial charge in [0.25, 0.3) is 0 Å². The van der Waals surface area contributed by atoms with Gasteiger partial charge in [0.05, 0.1) is 0 Å². The first kappa shape index (κ1) is 7.19. The number of benzene rings is 1. The monoisotopic (exact) mass is 165 g/mol. The van der Waals surface area contributed by atoms with Crippen LogP contribution in [0.2, 0.25) is 0 Å². The van der Waals surface area contributed by atoms with Crippen LogP contribution in [0.25, 0.3) is 0 Å². The summed E-state index contributed by atoms with van der Waals surface area (Å²) < 4.78 is 0. The zero-order valence-corrected chi connectivity index (χ0v) is 7.05. The predicted octanol–water partition coefficient (Wildman–Crippen LogP) is 1.88. The van der Waals surface area contributed by atoms with Gasteiger partial charge in [0, 0.05) is 16.2 Å². The lowest BCUT2D eigenvalue weighted by molar-refractivity contribution is 1.07. The molecule has 1 aliphatic rings. The Kier molecular flexibility index (Phi) is 1.88. The molecular formula is C9H11NS. The van der Waals surface area contributed by atoms with E-state index >= 15 is 0 Å². The zero-order valence-electron chi connectivity index (χ0n) is 6.23. The molecule has 1 aromatic carbocycles. The minimum Gasteiger partial charge on any atom is -0.327 e. The Morgan fingerprint density at radius 1 is 1.27 bits per heavy atom. The molecule has 2 atom stereocenters. The van der Waals surface area contributed by atoms with Crippen molar-refractivity contribution in [2.45, 2.75) is 22.6 Å². The molecule has 1 aromatic rings. The molecule has 1 nitrogen and oxygen atoms in total. The number of thioether (sulfide) groups is 1. The molecule has 0 radical (unpaired) electrons. The van der Waals surface area contributed by atoms with Crippen LogP contribution < -0.4 is 5.73 Å². The third-order valence-electron chi connectivity index (χ3n) is 1.81. The lowest BCUT2D eigenvalue weighted by Gasteiger charge is -1.96. The highest BCUT2D eigenvalue weighted by atomic mass is 32.2. The first-order valence-corrected chi connectivity index (χ1v) is 4.71. The van der Waals surface area contributed by atoms with E-state index in [1.807, 2.05) is 17.8 Å². The fourth-order valence-electron chi connectivity index (χ4n) is 0.999. The normalized spacial score (nSPS) is 28.5. The van der Waals surface area contributed by atoms with E-state index < -0.39 is 0 Å². The lowest BCUT2D eigenvalue weighted by Crippen LogP contribution is -2.01. The molecule has 1 fully saturated rings. The number of rotatable bonds is 2. The van der Waals surface area contributed by atoms with E-state index in [1.54, 1.807) is 0 Å². The topological polar surface area (TPSA) is 26.0 Å². The van der Waals surface area contributed by atoms with Crippen molar-refractivity contribution in [1.29, 1.82) is 0 Å². The standard InChI is InChI=1S/C9H11NS/c10-8-6-9(8)11-7-4-2-1-3-5-7/h1-5,8-9H,6,10H2/t8-,9-/m0/s1. The first-order chi connectivity index (χ1) is 5.36. The van der Waals surface area contributed by atoms with Crippen LogP contribution in [0.1, 0.15) is 6.42 Å². The van der Waals surface area contributed by atoms with Crippen LogP contribution in [0.3, 0.4) is 0 Å². The molecule has 0 amide bonds. The summed E-state index contributed by atoms with van der Waals surface area (Å²) in [5.41, 5.74) is 5.69. The summed E-state index contributed by atoms with van der Waals surface area (Å²) in [5.74, 6) is 0. The Balaban J connectivity index is 1.97. The van der Waals surface area contributed by atoms with Crippen molar-refractivity contribution in [3.8, 4) is 0 Å². The fourth-order valence-corrected chi connectivity index (χ4v) is 2.16. The number of hydrogen-bond acceptors (Lipinski definition) is 2. The van der Waals surface area contributed by atoms with Gasteiger partial charge in [-0.05, 0) is 18.6 Å². The maximum Gasteiger partial charge on any atom is 0.0261 e. The van der Waals surface area contributed by atoms with E-state index in [9.17, 15) is 0 Å². The Morgan fingerprint density at radius 3 is 2.45 bits per heavy atom. The smallest absolute Gasteiger partial charge is 0.0261 e. The molecule has 2 N–H and O–H groups in total. The van der Waals surface area contributed by atoms with Crippen LogP contribution in [0.15, 0.2) is 35.2 Å². The van der Waals surface area contributed by atoms with Gasteiger partial charge in [-0.15, -0.1) is 11.8 Å². The van der Waals surface area contributed by atoms with Crippen LogP contribution in [-0.2, 0) is 0 Å². The highest BCUT2D eigenvalue weighted by Gasteiger charge is 2.33. The highest BCUT2D eigenvalue weighted by Crippen LogP contribution is 2.37. The average Bonchev–Trinajstić information content (AvgIpc) is 2.69. The molecule has 0 aliphatic heterocycles. The molecule has 0 unspecified atom stereocenters. The molecule has 2 heteroatoms. The van der Waals surface area contributed by atoms with E-state index in [2.05, 4.69) is 24.3 Å². The van der Waals surface area contributed by atoms with Gasteiger partial charge in [0.2, 0.25) is 0 Å². The lowest BCUT2D eigenvalue weighted by atomic mass is 10.4. The summed E-state index contributed by atoms with van der Waals surface area (Å²) in [5, 5.41) is 0.678. The third-order valence-corrected chi connectivity index (χ3v) is 3.20. The minimum absolute atomic E-state index is 0.445. The largest absolute Gasteiger partial charge is 0.327 e. The van der Waals surface area contributed by atoms with E-state index in [0.29, 0.717) is 11.3 Å². The Morgan fingerprint density at radius 2 is 1.91 bits per heavy atom. The summed E-state index contributed by atoms with van der Waals surface area (Å²) >= 11 is 1.89. The predicted molar refractivity (Wildman–Crippen MR) is 48.7 cm³/mol.